The molecular weight excluding hydrogens is 334 g/mol. The Kier molecular flexibility index (Phi) is 6.22. The van der Waals surface area contributed by atoms with Crippen LogP contribution in [0.5, 0.6) is 17.2 Å². The Morgan fingerprint density at radius 3 is 2.15 bits per heavy atom. The van der Waals surface area contributed by atoms with Gasteiger partial charge in [0.15, 0.2) is 0 Å². The van der Waals surface area contributed by atoms with Crippen LogP contribution in [0.3, 0.4) is 0 Å². The van der Waals surface area contributed by atoms with Crippen molar-refractivity contribution < 1.29 is 26.5 Å². The van der Waals surface area contributed by atoms with E-state index in [1.165, 1.54) is 21.3 Å². The summed E-state index contributed by atoms with van der Waals surface area (Å²) in [5, 5.41) is 3.12. The molecule has 1 unspecified atom stereocenters. The molecule has 1 atom stereocenters. The van der Waals surface area contributed by atoms with Gasteiger partial charge < -0.3 is 24.3 Å². The lowest BCUT2D eigenvalue weighted by Crippen LogP contribution is -2.25. The molecule has 0 aliphatic heterocycles. The van der Waals surface area contributed by atoms with Gasteiger partial charge in [-0.05, 0) is 5.56 Å². The van der Waals surface area contributed by atoms with Gasteiger partial charge in [0, 0.05) is 21.4 Å². The molecule has 140 valence electrons. The van der Waals surface area contributed by atoms with Gasteiger partial charge >= 0.3 is 5.97 Å². The lowest BCUT2D eigenvalue weighted by molar-refractivity contribution is -0.141. The molecule has 0 bridgehead atoms. The van der Waals surface area contributed by atoms with Crippen LogP contribution in [-0.4, -0.2) is 34.4 Å². The zero-order chi connectivity index (χ0) is 20.7. The number of carbonyl (C=O) groups is 1. The van der Waals surface area contributed by atoms with E-state index < -0.39 is 18.4 Å². The monoisotopic (exact) mass is 361 g/mol. The lowest BCUT2D eigenvalue weighted by atomic mass is 10.00. The summed E-state index contributed by atoms with van der Waals surface area (Å²) in [5.74, 6) is 0.139. The number of esters is 1. The summed E-state index contributed by atoms with van der Waals surface area (Å²) in [6.07, 6.45) is -2.39. The first-order valence-electron chi connectivity index (χ1n) is 9.04. The van der Waals surface area contributed by atoms with Crippen LogP contribution in [0.4, 0.5) is 0 Å². The van der Waals surface area contributed by atoms with E-state index in [9.17, 15) is 4.79 Å². The van der Waals surface area contributed by atoms with Gasteiger partial charge in [-0.1, -0.05) is 30.3 Å². The Balaban J connectivity index is 2.56. The first-order chi connectivity index (χ1) is 13.4. The van der Waals surface area contributed by atoms with Crippen LogP contribution in [0.2, 0.25) is 0 Å². The zero-order valence-electron chi connectivity index (χ0n) is 17.4. The van der Waals surface area contributed by atoms with E-state index in [2.05, 4.69) is 5.32 Å². The maximum Gasteiger partial charge on any atom is 0.307 e. The normalized spacial score (nSPS) is 13.2. The predicted molar refractivity (Wildman–Crippen MR) is 98.8 cm³/mol. The standard InChI is InChI=1S/C20H25NO5/c1-23-15-10-17(24-2)20(18(11-15)25-3)16(12-19(22)26-4)21-13-14-8-6-5-7-9-14/h5-11,16,21H,12-13H2,1-4H3/i12D2. The van der Waals surface area contributed by atoms with Crippen molar-refractivity contribution in [1.29, 1.82) is 0 Å². The third kappa shape index (κ3) is 4.89. The Hall–Kier alpha value is -2.73. The molecule has 0 aromatic heterocycles. The molecule has 0 saturated heterocycles. The van der Waals surface area contributed by atoms with Crippen LogP contribution >= 0.6 is 0 Å². The number of nitrogens with one attached hydrogen (secondary N) is 1. The molecule has 6 nitrogen and oxygen atoms in total. The summed E-state index contributed by atoms with van der Waals surface area (Å²) in [6, 6.07) is 11.6. The van der Waals surface area contributed by atoms with Crippen molar-refractivity contribution in [2.45, 2.75) is 19.0 Å². The number of carbonyl (C=O) groups excluding carboxylic acids is 1. The van der Waals surface area contributed by atoms with Crippen LogP contribution < -0.4 is 19.5 Å². The average Bonchev–Trinajstić information content (AvgIpc) is 2.73. The average molecular weight is 361 g/mol. The fourth-order valence-electron chi connectivity index (χ4n) is 2.53. The van der Waals surface area contributed by atoms with Crippen molar-refractivity contribution in [3.05, 3.63) is 53.6 Å². The van der Waals surface area contributed by atoms with Crippen LogP contribution in [0.1, 0.15) is 26.3 Å². The van der Waals surface area contributed by atoms with Gasteiger partial charge in [-0.2, -0.15) is 0 Å². The van der Waals surface area contributed by atoms with Crippen molar-refractivity contribution in [3.8, 4) is 17.2 Å². The Bertz CT molecular complexity index is 773. The maximum absolute atomic E-state index is 12.2. The predicted octanol–water partition coefficient (Wildman–Crippen LogP) is 3.11. The Labute approximate surface area is 156 Å². The highest BCUT2D eigenvalue weighted by Gasteiger charge is 2.25. The van der Waals surface area contributed by atoms with Gasteiger partial charge in [-0.25, -0.2) is 0 Å². The molecule has 1 N–H and O–H groups in total. The molecule has 0 saturated carbocycles. The highest BCUT2D eigenvalue weighted by Crippen LogP contribution is 2.39. The largest absolute Gasteiger partial charge is 0.496 e. The zero-order valence-corrected chi connectivity index (χ0v) is 15.4. The number of ether oxygens (including phenoxy) is 4. The molecule has 0 aliphatic rings. The molecule has 0 heterocycles. The summed E-state index contributed by atoms with van der Waals surface area (Å²) in [4.78, 5) is 12.2. The van der Waals surface area contributed by atoms with Crippen molar-refractivity contribution in [1.82, 2.24) is 5.32 Å². The number of hydrogen-bond donors (Lipinski definition) is 1. The topological polar surface area (TPSA) is 66.0 Å². The van der Waals surface area contributed by atoms with E-state index in [4.69, 9.17) is 21.7 Å². The maximum atomic E-state index is 12.2. The highest BCUT2D eigenvalue weighted by molar-refractivity contribution is 5.71. The molecule has 0 fully saturated rings. The van der Waals surface area contributed by atoms with Crippen molar-refractivity contribution in [3.63, 3.8) is 0 Å². The molecule has 0 radical (unpaired) electrons. The molecule has 26 heavy (non-hydrogen) atoms. The van der Waals surface area contributed by atoms with Crippen LogP contribution in [0.25, 0.3) is 0 Å². The summed E-state index contributed by atoms with van der Waals surface area (Å²) >= 11 is 0. The highest BCUT2D eigenvalue weighted by atomic mass is 16.5. The van der Waals surface area contributed by atoms with Crippen molar-refractivity contribution in [2.24, 2.45) is 0 Å². The summed E-state index contributed by atoms with van der Waals surface area (Å²) in [7, 11) is 5.57. The number of hydrogen-bond acceptors (Lipinski definition) is 6. The molecule has 0 aliphatic carbocycles. The Morgan fingerprint density at radius 2 is 1.65 bits per heavy atom. The minimum atomic E-state index is -2.39. The molecule has 0 amide bonds. The lowest BCUT2D eigenvalue weighted by Gasteiger charge is -2.23. The minimum absolute atomic E-state index is 0.320. The summed E-state index contributed by atoms with van der Waals surface area (Å²) in [5.41, 5.74) is 1.29. The molecule has 2 aromatic carbocycles. The van der Waals surface area contributed by atoms with Crippen LogP contribution in [-0.2, 0) is 16.1 Å². The van der Waals surface area contributed by atoms with Gasteiger partial charge in [0.05, 0.1) is 46.4 Å². The number of benzene rings is 2. The molecule has 2 aromatic rings. The van der Waals surface area contributed by atoms with E-state index in [0.717, 1.165) is 12.7 Å². The third-order valence-corrected chi connectivity index (χ3v) is 3.84. The number of rotatable bonds is 9. The van der Waals surface area contributed by atoms with Crippen LogP contribution in [0.15, 0.2) is 42.5 Å². The quantitative estimate of drug-likeness (QED) is 0.693. The minimum Gasteiger partial charge on any atom is -0.496 e. The molecule has 2 rings (SSSR count). The van der Waals surface area contributed by atoms with E-state index >= 15 is 0 Å². The van der Waals surface area contributed by atoms with Crippen LogP contribution in [0, 0.1) is 0 Å². The second kappa shape index (κ2) is 9.68. The van der Waals surface area contributed by atoms with Gasteiger partial charge in [0.25, 0.3) is 0 Å². The SMILES string of the molecule is [2H]C([2H])(C(=O)OC)C(NCc1ccccc1)c1c(OC)cc(OC)cc1OC. The fraction of sp³-hybridized carbons (Fsp3) is 0.350. The number of methoxy groups -OCH3 is 4. The van der Waals surface area contributed by atoms with E-state index in [0.29, 0.717) is 29.4 Å². The van der Waals surface area contributed by atoms with E-state index in [1.54, 1.807) is 12.1 Å². The molecule has 6 heteroatoms. The Morgan fingerprint density at radius 1 is 1.04 bits per heavy atom. The summed E-state index contributed by atoms with van der Waals surface area (Å²) < 4.78 is 37.7. The van der Waals surface area contributed by atoms with E-state index in [-0.39, 0.29) is 0 Å². The summed E-state index contributed by atoms with van der Waals surface area (Å²) in [6.45, 7) is 0.320. The van der Waals surface area contributed by atoms with Crippen molar-refractivity contribution in [2.75, 3.05) is 28.4 Å². The first-order valence-corrected chi connectivity index (χ1v) is 8.04. The molecular formula is C20H25NO5. The van der Waals surface area contributed by atoms with Gasteiger partial charge in [-0.15, -0.1) is 0 Å². The van der Waals surface area contributed by atoms with Crippen molar-refractivity contribution >= 4 is 5.97 Å². The second-order valence-electron chi connectivity index (χ2n) is 5.38. The molecule has 0 spiro atoms. The van der Waals surface area contributed by atoms with Gasteiger partial charge in [0.1, 0.15) is 17.2 Å². The van der Waals surface area contributed by atoms with E-state index in [1.807, 2.05) is 30.3 Å². The second-order valence-corrected chi connectivity index (χ2v) is 5.38. The first kappa shape index (κ1) is 16.7. The van der Waals surface area contributed by atoms with Gasteiger partial charge in [0.2, 0.25) is 0 Å². The smallest absolute Gasteiger partial charge is 0.307 e. The van der Waals surface area contributed by atoms with Gasteiger partial charge in [-0.3, -0.25) is 4.79 Å². The fourth-order valence-corrected chi connectivity index (χ4v) is 2.53. The third-order valence-electron chi connectivity index (χ3n) is 3.84.